The van der Waals surface area contributed by atoms with Crippen molar-refractivity contribution in [3.63, 3.8) is 0 Å². The summed E-state index contributed by atoms with van der Waals surface area (Å²) in [5.74, 6) is 0.702. The second-order valence-electron chi connectivity index (χ2n) is 5.00. The molecule has 0 aromatic heterocycles. The van der Waals surface area contributed by atoms with Crippen molar-refractivity contribution in [3.05, 3.63) is 35.9 Å². The Hall–Kier alpha value is -0.670. The molecule has 2 rings (SSSR count). The maximum absolute atomic E-state index is 12.5. The van der Waals surface area contributed by atoms with Crippen molar-refractivity contribution in [2.45, 2.75) is 49.7 Å². The van der Waals surface area contributed by atoms with E-state index in [1.807, 2.05) is 18.2 Å². The normalized spacial score (nSPS) is 25.8. The van der Waals surface area contributed by atoms with Crippen LogP contribution in [0.15, 0.2) is 30.3 Å². The minimum atomic E-state index is -0.751. The Kier molecular flexibility index (Phi) is 5.39. The topological polar surface area (TPSA) is 29.1 Å². The lowest BCUT2D eigenvalue weighted by molar-refractivity contribution is 0.385. The van der Waals surface area contributed by atoms with Gasteiger partial charge in [-0.15, -0.1) is 0 Å². The van der Waals surface area contributed by atoms with E-state index in [1.54, 1.807) is 0 Å². The SMILES string of the molecule is CCNC1CCCCC1S(=O)Cc1ccccc1. The average molecular weight is 265 g/mol. The Labute approximate surface area is 113 Å². The second kappa shape index (κ2) is 7.05. The molecule has 1 fully saturated rings. The van der Waals surface area contributed by atoms with Gasteiger partial charge in [0.15, 0.2) is 0 Å². The molecular weight excluding hydrogens is 242 g/mol. The van der Waals surface area contributed by atoms with Gasteiger partial charge in [-0.2, -0.15) is 0 Å². The van der Waals surface area contributed by atoms with E-state index >= 15 is 0 Å². The molecule has 0 amide bonds. The predicted octanol–water partition coefficient (Wildman–Crippen LogP) is 2.86. The fraction of sp³-hybridized carbons (Fsp3) is 0.600. The Bertz CT molecular complexity index is 377. The number of benzene rings is 1. The van der Waals surface area contributed by atoms with Gasteiger partial charge in [0.2, 0.25) is 0 Å². The third-order valence-electron chi connectivity index (χ3n) is 3.66. The first-order valence-corrected chi connectivity index (χ1v) is 8.34. The lowest BCUT2D eigenvalue weighted by atomic mass is 9.95. The highest BCUT2D eigenvalue weighted by Gasteiger charge is 2.28. The molecular formula is C15H23NOS. The first kappa shape index (κ1) is 13.8. The van der Waals surface area contributed by atoms with E-state index in [4.69, 9.17) is 0 Å². The molecule has 3 unspecified atom stereocenters. The number of hydrogen-bond donors (Lipinski definition) is 1. The van der Waals surface area contributed by atoms with E-state index < -0.39 is 10.8 Å². The summed E-state index contributed by atoms with van der Waals surface area (Å²) >= 11 is 0. The number of hydrogen-bond acceptors (Lipinski definition) is 2. The molecule has 0 bridgehead atoms. The van der Waals surface area contributed by atoms with Crippen molar-refractivity contribution in [2.24, 2.45) is 0 Å². The molecule has 0 aliphatic heterocycles. The average Bonchev–Trinajstić information content (AvgIpc) is 2.41. The molecule has 1 N–H and O–H groups in total. The molecule has 3 atom stereocenters. The highest BCUT2D eigenvalue weighted by Crippen LogP contribution is 2.24. The molecule has 0 radical (unpaired) electrons. The van der Waals surface area contributed by atoms with E-state index in [0.717, 1.165) is 13.0 Å². The van der Waals surface area contributed by atoms with Crippen LogP contribution in [0.3, 0.4) is 0 Å². The minimum absolute atomic E-state index is 0.332. The standard InChI is InChI=1S/C15H23NOS/c1-2-16-14-10-6-7-11-15(14)18(17)12-13-8-4-3-5-9-13/h3-5,8-9,14-16H,2,6-7,10-12H2,1H3. The quantitative estimate of drug-likeness (QED) is 0.887. The van der Waals surface area contributed by atoms with Crippen LogP contribution in [0.2, 0.25) is 0 Å². The van der Waals surface area contributed by atoms with Crippen molar-refractivity contribution in [3.8, 4) is 0 Å². The largest absolute Gasteiger partial charge is 0.313 e. The molecule has 1 aliphatic carbocycles. The zero-order valence-electron chi connectivity index (χ0n) is 11.1. The van der Waals surface area contributed by atoms with Gasteiger partial charge in [0.25, 0.3) is 0 Å². The number of rotatable bonds is 5. The molecule has 0 heterocycles. The Morgan fingerprint density at radius 3 is 2.67 bits per heavy atom. The van der Waals surface area contributed by atoms with Gasteiger partial charge in [-0.3, -0.25) is 4.21 Å². The van der Waals surface area contributed by atoms with Gasteiger partial charge >= 0.3 is 0 Å². The summed E-state index contributed by atoms with van der Waals surface area (Å²) in [6.45, 7) is 3.11. The van der Waals surface area contributed by atoms with Crippen LogP contribution in [0.5, 0.6) is 0 Å². The van der Waals surface area contributed by atoms with E-state index in [0.29, 0.717) is 17.0 Å². The van der Waals surface area contributed by atoms with Gasteiger partial charge in [-0.05, 0) is 24.9 Å². The minimum Gasteiger partial charge on any atom is -0.313 e. The summed E-state index contributed by atoms with van der Waals surface area (Å²) in [5.41, 5.74) is 1.19. The fourth-order valence-corrected chi connectivity index (χ4v) is 4.52. The predicted molar refractivity (Wildman–Crippen MR) is 78.0 cm³/mol. The van der Waals surface area contributed by atoms with Crippen LogP contribution in [0, 0.1) is 0 Å². The van der Waals surface area contributed by atoms with Gasteiger partial charge in [-0.25, -0.2) is 0 Å². The van der Waals surface area contributed by atoms with E-state index in [9.17, 15) is 4.21 Å². The molecule has 18 heavy (non-hydrogen) atoms. The second-order valence-corrected chi connectivity index (χ2v) is 6.65. The summed E-state index contributed by atoms with van der Waals surface area (Å²) in [6.07, 6.45) is 4.79. The first-order valence-electron chi connectivity index (χ1n) is 6.95. The molecule has 1 aromatic rings. The van der Waals surface area contributed by atoms with E-state index in [-0.39, 0.29) is 0 Å². The third kappa shape index (κ3) is 3.66. The van der Waals surface area contributed by atoms with E-state index in [1.165, 1.54) is 24.8 Å². The van der Waals surface area contributed by atoms with Gasteiger partial charge in [0.1, 0.15) is 0 Å². The van der Waals surface area contributed by atoms with Crippen LogP contribution in [0.1, 0.15) is 38.2 Å². The Balaban J connectivity index is 1.98. The maximum atomic E-state index is 12.5. The third-order valence-corrected chi connectivity index (χ3v) is 5.52. The highest BCUT2D eigenvalue weighted by molar-refractivity contribution is 7.84. The van der Waals surface area contributed by atoms with Gasteiger partial charge in [0, 0.05) is 22.6 Å². The van der Waals surface area contributed by atoms with Crippen molar-refractivity contribution in [1.82, 2.24) is 5.32 Å². The Morgan fingerprint density at radius 2 is 1.94 bits per heavy atom. The molecule has 1 aromatic carbocycles. The summed E-state index contributed by atoms with van der Waals surface area (Å²) in [6, 6.07) is 10.7. The molecule has 100 valence electrons. The van der Waals surface area contributed by atoms with Crippen LogP contribution in [-0.2, 0) is 16.6 Å². The van der Waals surface area contributed by atoms with Crippen LogP contribution in [-0.4, -0.2) is 22.0 Å². The summed E-state index contributed by atoms with van der Waals surface area (Å²) in [4.78, 5) is 0. The molecule has 1 aliphatic rings. The first-order chi connectivity index (χ1) is 8.81. The molecule has 0 saturated heterocycles. The van der Waals surface area contributed by atoms with Crippen molar-refractivity contribution >= 4 is 10.8 Å². The molecule has 3 heteroatoms. The lowest BCUT2D eigenvalue weighted by Crippen LogP contribution is -2.44. The van der Waals surface area contributed by atoms with Crippen LogP contribution in [0.25, 0.3) is 0 Å². The van der Waals surface area contributed by atoms with Crippen LogP contribution in [0.4, 0.5) is 0 Å². The van der Waals surface area contributed by atoms with Crippen molar-refractivity contribution in [2.75, 3.05) is 6.54 Å². The molecule has 1 saturated carbocycles. The smallest absolute Gasteiger partial charge is 0.0504 e. The van der Waals surface area contributed by atoms with Crippen molar-refractivity contribution in [1.29, 1.82) is 0 Å². The summed E-state index contributed by atoms with van der Waals surface area (Å²) < 4.78 is 12.5. The Morgan fingerprint density at radius 1 is 1.22 bits per heavy atom. The lowest BCUT2D eigenvalue weighted by Gasteiger charge is -2.31. The van der Waals surface area contributed by atoms with Gasteiger partial charge in [0.05, 0.1) is 5.25 Å². The zero-order valence-corrected chi connectivity index (χ0v) is 11.9. The zero-order chi connectivity index (χ0) is 12.8. The van der Waals surface area contributed by atoms with Gasteiger partial charge < -0.3 is 5.32 Å². The van der Waals surface area contributed by atoms with Crippen LogP contribution < -0.4 is 5.32 Å². The monoisotopic (exact) mass is 265 g/mol. The van der Waals surface area contributed by atoms with E-state index in [2.05, 4.69) is 24.4 Å². The van der Waals surface area contributed by atoms with Gasteiger partial charge in [-0.1, -0.05) is 50.1 Å². The summed E-state index contributed by atoms with van der Waals surface area (Å²) in [5, 5.41) is 3.84. The molecule has 2 nitrogen and oxygen atoms in total. The maximum Gasteiger partial charge on any atom is 0.0504 e. The number of nitrogens with one attached hydrogen (secondary N) is 1. The molecule has 0 spiro atoms. The van der Waals surface area contributed by atoms with Crippen LogP contribution >= 0.6 is 0 Å². The fourth-order valence-electron chi connectivity index (χ4n) is 2.75. The highest BCUT2D eigenvalue weighted by atomic mass is 32.2. The van der Waals surface area contributed by atoms with Crippen molar-refractivity contribution < 1.29 is 4.21 Å². The summed E-state index contributed by atoms with van der Waals surface area (Å²) in [7, 11) is -0.751.